The average molecular weight is 335 g/mol. The highest BCUT2D eigenvalue weighted by Crippen LogP contribution is 2.27. The maximum atomic E-state index is 10.5. The van der Waals surface area contributed by atoms with E-state index in [9.17, 15) is 4.79 Å². The number of nitrogens with two attached hydrogens (primary N) is 1. The number of hydrogen-bond acceptors (Lipinski definition) is 8. The number of carbonyl (C=O) groups excluding carboxylic acids is 1. The molecule has 9 nitrogen and oxygen atoms in total. The molecule has 0 radical (unpaired) electrons. The standard InChI is InChI=1S/C16H13N7O2/c17-16-19-13-8-11(10-3-1-5-18-9-10)7-12(23(13)22-16)15-21-20-14(25-15)4-2-6-24/h1,3,5-9H,2,4H2,(H2,17,22). The minimum absolute atomic E-state index is 0.144. The van der Waals surface area contributed by atoms with Crippen LogP contribution >= 0.6 is 0 Å². The second-order valence-electron chi connectivity index (χ2n) is 5.32. The van der Waals surface area contributed by atoms with Crippen LogP contribution in [0.4, 0.5) is 5.95 Å². The molecule has 0 saturated carbocycles. The van der Waals surface area contributed by atoms with E-state index in [0.29, 0.717) is 30.1 Å². The van der Waals surface area contributed by atoms with Crippen LogP contribution in [-0.2, 0) is 11.2 Å². The lowest BCUT2D eigenvalue weighted by atomic mass is 10.1. The zero-order valence-electron chi connectivity index (χ0n) is 13.0. The lowest BCUT2D eigenvalue weighted by Gasteiger charge is -2.05. The molecule has 0 atom stereocenters. The Balaban J connectivity index is 1.86. The monoisotopic (exact) mass is 335 g/mol. The molecular weight excluding hydrogens is 322 g/mol. The number of hydrogen-bond donors (Lipinski definition) is 1. The van der Waals surface area contributed by atoms with Crippen LogP contribution in [0, 0.1) is 0 Å². The number of nitrogens with zero attached hydrogens (tertiary/aromatic N) is 6. The van der Waals surface area contributed by atoms with Crippen molar-refractivity contribution in [3.05, 3.63) is 42.5 Å². The van der Waals surface area contributed by atoms with Crippen molar-refractivity contribution in [2.24, 2.45) is 0 Å². The fraction of sp³-hybridized carbons (Fsp3) is 0.125. The minimum Gasteiger partial charge on any atom is -0.419 e. The van der Waals surface area contributed by atoms with Crippen LogP contribution in [0.2, 0.25) is 0 Å². The van der Waals surface area contributed by atoms with Crippen molar-refractivity contribution in [3.8, 4) is 22.7 Å². The minimum atomic E-state index is 0.144. The number of fused-ring (bicyclic) bond motifs is 1. The normalized spacial score (nSPS) is 11.0. The van der Waals surface area contributed by atoms with Crippen molar-refractivity contribution < 1.29 is 9.21 Å². The Morgan fingerprint density at radius 1 is 1.24 bits per heavy atom. The van der Waals surface area contributed by atoms with E-state index in [1.165, 1.54) is 0 Å². The average Bonchev–Trinajstić information content (AvgIpc) is 3.25. The summed E-state index contributed by atoms with van der Waals surface area (Å²) >= 11 is 0. The van der Waals surface area contributed by atoms with Crippen LogP contribution in [-0.4, -0.2) is 36.1 Å². The number of pyridine rings is 2. The number of anilines is 1. The zero-order chi connectivity index (χ0) is 17.2. The summed E-state index contributed by atoms with van der Waals surface area (Å²) < 4.78 is 7.20. The van der Waals surface area contributed by atoms with Gasteiger partial charge in [-0.05, 0) is 23.8 Å². The largest absolute Gasteiger partial charge is 0.419 e. The molecule has 4 heterocycles. The summed E-state index contributed by atoms with van der Waals surface area (Å²) in [7, 11) is 0. The molecule has 0 saturated heterocycles. The third-order valence-corrected chi connectivity index (χ3v) is 3.61. The van der Waals surface area contributed by atoms with Gasteiger partial charge in [0.05, 0.1) is 0 Å². The Kier molecular flexibility index (Phi) is 3.65. The fourth-order valence-electron chi connectivity index (χ4n) is 2.49. The van der Waals surface area contributed by atoms with Gasteiger partial charge >= 0.3 is 0 Å². The first-order valence-electron chi connectivity index (χ1n) is 7.57. The van der Waals surface area contributed by atoms with E-state index in [1.807, 2.05) is 24.3 Å². The Bertz CT molecular complexity index is 1040. The van der Waals surface area contributed by atoms with Crippen LogP contribution in [0.15, 0.2) is 41.1 Å². The highest BCUT2D eigenvalue weighted by atomic mass is 16.4. The highest BCUT2D eigenvalue weighted by molar-refractivity contribution is 5.72. The lowest BCUT2D eigenvalue weighted by molar-refractivity contribution is -0.107. The number of carbonyl (C=O) groups is 1. The van der Waals surface area contributed by atoms with Crippen molar-refractivity contribution in [1.82, 2.24) is 29.8 Å². The molecule has 0 aliphatic heterocycles. The molecule has 4 aromatic heterocycles. The first-order valence-corrected chi connectivity index (χ1v) is 7.57. The lowest BCUT2D eigenvalue weighted by Crippen LogP contribution is -1.96. The van der Waals surface area contributed by atoms with E-state index in [0.717, 1.165) is 17.4 Å². The molecule has 124 valence electrons. The van der Waals surface area contributed by atoms with Gasteiger partial charge in [-0.1, -0.05) is 6.07 Å². The van der Waals surface area contributed by atoms with Crippen molar-refractivity contribution in [3.63, 3.8) is 0 Å². The van der Waals surface area contributed by atoms with Crippen LogP contribution in [0.3, 0.4) is 0 Å². The molecule has 0 aliphatic carbocycles. The summed E-state index contributed by atoms with van der Waals surface area (Å²) in [5.74, 6) is 0.807. The predicted octanol–water partition coefficient (Wildman–Crippen LogP) is 1.55. The van der Waals surface area contributed by atoms with E-state index in [1.54, 1.807) is 16.9 Å². The fourth-order valence-corrected chi connectivity index (χ4v) is 2.49. The number of aromatic nitrogens is 6. The SMILES string of the molecule is Nc1nc2cc(-c3cccnc3)cc(-c3nnc(CCC=O)o3)n2n1. The summed E-state index contributed by atoms with van der Waals surface area (Å²) in [6.07, 6.45) is 4.97. The van der Waals surface area contributed by atoms with Gasteiger partial charge in [0.15, 0.2) is 5.65 Å². The topological polar surface area (TPSA) is 125 Å². The number of aryl methyl sites for hydroxylation is 1. The summed E-state index contributed by atoms with van der Waals surface area (Å²) in [4.78, 5) is 18.9. The van der Waals surface area contributed by atoms with Crippen molar-refractivity contribution in [1.29, 1.82) is 0 Å². The van der Waals surface area contributed by atoms with Crippen LogP contribution in [0.25, 0.3) is 28.4 Å². The molecule has 0 aromatic carbocycles. The van der Waals surface area contributed by atoms with Gasteiger partial charge in [0, 0.05) is 30.8 Å². The molecule has 2 N–H and O–H groups in total. The summed E-state index contributed by atoms with van der Waals surface area (Å²) in [6.45, 7) is 0. The molecule has 4 rings (SSSR count). The molecule has 25 heavy (non-hydrogen) atoms. The van der Waals surface area contributed by atoms with Gasteiger partial charge in [0.1, 0.15) is 12.0 Å². The van der Waals surface area contributed by atoms with Crippen molar-refractivity contribution in [2.75, 3.05) is 5.73 Å². The van der Waals surface area contributed by atoms with Gasteiger partial charge < -0.3 is 14.9 Å². The summed E-state index contributed by atoms with van der Waals surface area (Å²) in [6, 6.07) is 7.50. The van der Waals surface area contributed by atoms with Gasteiger partial charge in [-0.25, -0.2) is 4.52 Å². The highest BCUT2D eigenvalue weighted by Gasteiger charge is 2.16. The zero-order valence-corrected chi connectivity index (χ0v) is 13.0. The maximum absolute atomic E-state index is 10.5. The van der Waals surface area contributed by atoms with E-state index < -0.39 is 0 Å². The molecule has 0 amide bonds. The molecular formula is C16H13N7O2. The third kappa shape index (κ3) is 2.82. The van der Waals surface area contributed by atoms with Gasteiger partial charge in [-0.3, -0.25) is 4.98 Å². The van der Waals surface area contributed by atoms with Gasteiger partial charge in [-0.15, -0.1) is 15.3 Å². The Labute approximate surface area is 141 Å². The molecule has 0 unspecified atom stereocenters. The second kappa shape index (κ2) is 6.11. The first-order chi connectivity index (χ1) is 12.2. The Morgan fingerprint density at radius 2 is 2.16 bits per heavy atom. The van der Waals surface area contributed by atoms with Crippen LogP contribution in [0.5, 0.6) is 0 Å². The van der Waals surface area contributed by atoms with Gasteiger partial charge in [0.2, 0.25) is 11.8 Å². The van der Waals surface area contributed by atoms with Crippen molar-refractivity contribution >= 4 is 17.9 Å². The Hall–Kier alpha value is -3.62. The van der Waals surface area contributed by atoms with Crippen LogP contribution in [0.1, 0.15) is 12.3 Å². The van der Waals surface area contributed by atoms with Crippen molar-refractivity contribution in [2.45, 2.75) is 12.8 Å². The third-order valence-electron chi connectivity index (χ3n) is 3.61. The summed E-state index contributed by atoms with van der Waals surface area (Å²) in [5.41, 5.74) is 8.64. The molecule has 0 fully saturated rings. The van der Waals surface area contributed by atoms with E-state index in [2.05, 4.69) is 25.3 Å². The Morgan fingerprint density at radius 3 is 2.96 bits per heavy atom. The predicted molar refractivity (Wildman–Crippen MR) is 88.3 cm³/mol. The van der Waals surface area contributed by atoms with Crippen LogP contribution < -0.4 is 5.73 Å². The number of nitrogen functional groups attached to an aromatic ring is 1. The van der Waals surface area contributed by atoms with E-state index in [4.69, 9.17) is 10.2 Å². The first kappa shape index (κ1) is 14.9. The van der Waals surface area contributed by atoms with E-state index >= 15 is 0 Å². The van der Waals surface area contributed by atoms with Gasteiger partial charge in [-0.2, -0.15) is 4.98 Å². The molecule has 4 aromatic rings. The number of rotatable bonds is 5. The smallest absolute Gasteiger partial charge is 0.266 e. The molecule has 9 heteroatoms. The second-order valence-corrected chi connectivity index (χ2v) is 5.32. The molecule has 0 spiro atoms. The quantitative estimate of drug-likeness (QED) is 0.545. The number of aldehydes is 1. The molecule has 0 bridgehead atoms. The summed E-state index contributed by atoms with van der Waals surface area (Å²) in [5, 5.41) is 12.2. The van der Waals surface area contributed by atoms with Gasteiger partial charge in [0.25, 0.3) is 5.89 Å². The van der Waals surface area contributed by atoms with E-state index in [-0.39, 0.29) is 11.8 Å². The maximum Gasteiger partial charge on any atom is 0.266 e. The molecule has 0 aliphatic rings.